The molecule has 3 rings (SSSR count). The number of nitrogens with one attached hydrogen (secondary N) is 1. The Morgan fingerprint density at radius 3 is 2.81 bits per heavy atom. The van der Waals surface area contributed by atoms with Crippen LogP contribution < -0.4 is 5.32 Å². The van der Waals surface area contributed by atoms with Crippen LogP contribution >= 0.6 is 11.3 Å². The van der Waals surface area contributed by atoms with Crippen molar-refractivity contribution in [3.8, 4) is 10.6 Å². The zero-order valence-corrected chi connectivity index (χ0v) is 12.7. The first-order valence-corrected chi connectivity index (χ1v) is 8.33. The van der Waals surface area contributed by atoms with Gasteiger partial charge in [-0.05, 0) is 25.0 Å². The molecule has 21 heavy (non-hydrogen) atoms. The van der Waals surface area contributed by atoms with E-state index in [1.807, 2.05) is 12.1 Å². The van der Waals surface area contributed by atoms with Gasteiger partial charge in [-0.2, -0.15) is 0 Å². The van der Waals surface area contributed by atoms with Gasteiger partial charge in [-0.15, -0.1) is 11.3 Å². The molecule has 110 valence electrons. The Kier molecular flexibility index (Phi) is 4.60. The van der Waals surface area contributed by atoms with Gasteiger partial charge in [-0.3, -0.25) is 9.78 Å². The third-order valence-electron chi connectivity index (χ3n) is 3.89. The van der Waals surface area contributed by atoms with E-state index in [0.717, 1.165) is 35.5 Å². The van der Waals surface area contributed by atoms with Crippen LogP contribution in [0.1, 0.15) is 31.4 Å². The molecule has 0 bridgehead atoms. The summed E-state index contributed by atoms with van der Waals surface area (Å²) in [5.41, 5.74) is 2.13. The van der Waals surface area contributed by atoms with Crippen LogP contribution in [-0.2, 0) is 11.2 Å². The molecule has 4 nitrogen and oxygen atoms in total. The van der Waals surface area contributed by atoms with Crippen molar-refractivity contribution in [1.29, 1.82) is 0 Å². The molecule has 0 radical (unpaired) electrons. The Morgan fingerprint density at radius 2 is 2.05 bits per heavy atom. The van der Waals surface area contributed by atoms with Crippen molar-refractivity contribution >= 4 is 17.2 Å². The second-order valence-electron chi connectivity index (χ2n) is 5.40. The van der Waals surface area contributed by atoms with Crippen molar-refractivity contribution in [2.45, 2.75) is 32.1 Å². The van der Waals surface area contributed by atoms with Crippen molar-refractivity contribution < 1.29 is 4.79 Å². The highest BCUT2D eigenvalue weighted by molar-refractivity contribution is 7.13. The number of hydrogen-bond donors (Lipinski definition) is 1. The molecule has 1 amide bonds. The summed E-state index contributed by atoms with van der Waals surface area (Å²) in [6.45, 7) is 0.675. The number of thiazole rings is 1. The fraction of sp³-hybridized carbons (Fsp3) is 0.438. The third-order valence-corrected chi connectivity index (χ3v) is 4.83. The molecule has 0 spiro atoms. The van der Waals surface area contributed by atoms with E-state index in [9.17, 15) is 4.79 Å². The third kappa shape index (κ3) is 3.67. The number of nitrogens with zero attached hydrogens (tertiary/aromatic N) is 2. The van der Waals surface area contributed by atoms with Gasteiger partial charge in [0.15, 0.2) is 0 Å². The number of pyridine rings is 1. The van der Waals surface area contributed by atoms with Gasteiger partial charge < -0.3 is 5.32 Å². The van der Waals surface area contributed by atoms with Crippen LogP contribution in [0.2, 0.25) is 0 Å². The highest BCUT2D eigenvalue weighted by atomic mass is 32.1. The maximum Gasteiger partial charge on any atom is 0.223 e. The van der Waals surface area contributed by atoms with E-state index >= 15 is 0 Å². The van der Waals surface area contributed by atoms with Crippen LogP contribution in [0.4, 0.5) is 0 Å². The van der Waals surface area contributed by atoms with Gasteiger partial charge in [0.05, 0.1) is 5.69 Å². The van der Waals surface area contributed by atoms with Gasteiger partial charge in [-0.1, -0.05) is 12.8 Å². The summed E-state index contributed by atoms with van der Waals surface area (Å²) in [7, 11) is 0. The molecular weight excluding hydrogens is 282 g/mol. The molecule has 2 aromatic heterocycles. The van der Waals surface area contributed by atoms with Crippen molar-refractivity contribution in [2.24, 2.45) is 5.92 Å². The lowest BCUT2D eigenvalue weighted by atomic mass is 10.1. The molecule has 0 atom stereocenters. The smallest absolute Gasteiger partial charge is 0.223 e. The lowest BCUT2D eigenvalue weighted by Gasteiger charge is -2.09. The monoisotopic (exact) mass is 301 g/mol. The largest absolute Gasteiger partial charge is 0.355 e. The maximum absolute atomic E-state index is 11.9. The molecule has 5 heteroatoms. The van der Waals surface area contributed by atoms with Gasteiger partial charge in [0.25, 0.3) is 0 Å². The SMILES string of the molecule is O=C(NCCc1csc(-c2ccncc2)n1)C1CCCC1. The second kappa shape index (κ2) is 6.80. The summed E-state index contributed by atoms with van der Waals surface area (Å²) in [4.78, 5) is 20.6. The number of hydrogen-bond acceptors (Lipinski definition) is 4. The highest BCUT2D eigenvalue weighted by Gasteiger charge is 2.21. The van der Waals surface area contributed by atoms with Gasteiger partial charge >= 0.3 is 0 Å². The highest BCUT2D eigenvalue weighted by Crippen LogP contribution is 2.25. The van der Waals surface area contributed by atoms with Crippen LogP contribution in [-0.4, -0.2) is 22.4 Å². The number of amides is 1. The molecule has 2 aromatic rings. The Labute approximate surface area is 128 Å². The van der Waals surface area contributed by atoms with E-state index in [1.165, 1.54) is 12.8 Å². The Morgan fingerprint density at radius 1 is 1.29 bits per heavy atom. The molecule has 1 saturated carbocycles. The van der Waals surface area contributed by atoms with E-state index in [2.05, 4.69) is 20.7 Å². The minimum atomic E-state index is 0.220. The topological polar surface area (TPSA) is 54.9 Å². The van der Waals surface area contributed by atoms with Gasteiger partial charge in [-0.25, -0.2) is 4.98 Å². The minimum absolute atomic E-state index is 0.220. The quantitative estimate of drug-likeness (QED) is 0.923. The number of carbonyl (C=O) groups is 1. The molecule has 0 aromatic carbocycles. The van der Waals surface area contributed by atoms with Crippen LogP contribution in [0, 0.1) is 5.92 Å². The first-order valence-electron chi connectivity index (χ1n) is 7.45. The molecule has 0 saturated heterocycles. The number of aromatic nitrogens is 2. The van der Waals surface area contributed by atoms with Crippen LogP contribution in [0.25, 0.3) is 10.6 Å². The van der Waals surface area contributed by atoms with Crippen LogP contribution in [0.5, 0.6) is 0 Å². The Bertz CT molecular complexity index is 591. The summed E-state index contributed by atoms with van der Waals surface area (Å²) < 4.78 is 0. The summed E-state index contributed by atoms with van der Waals surface area (Å²) in [5.74, 6) is 0.463. The molecule has 1 aliphatic carbocycles. The zero-order chi connectivity index (χ0) is 14.5. The van der Waals surface area contributed by atoms with Crippen molar-refractivity contribution in [1.82, 2.24) is 15.3 Å². The Hall–Kier alpha value is -1.75. The predicted molar refractivity (Wildman–Crippen MR) is 84.0 cm³/mol. The van der Waals surface area contributed by atoms with E-state index in [-0.39, 0.29) is 11.8 Å². The lowest BCUT2D eigenvalue weighted by molar-refractivity contribution is -0.124. The fourth-order valence-electron chi connectivity index (χ4n) is 2.69. The fourth-order valence-corrected chi connectivity index (χ4v) is 3.56. The molecule has 1 fully saturated rings. The van der Waals surface area contributed by atoms with E-state index in [1.54, 1.807) is 23.7 Å². The number of carbonyl (C=O) groups excluding carboxylic acids is 1. The van der Waals surface area contributed by atoms with Crippen LogP contribution in [0.15, 0.2) is 29.9 Å². The first-order chi connectivity index (χ1) is 10.3. The molecule has 0 unspecified atom stereocenters. The lowest BCUT2D eigenvalue weighted by Crippen LogP contribution is -2.30. The molecule has 0 aliphatic heterocycles. The van der Waals surface area contributed by atoms with E-state index in [4.69, 9.17) is 0 Å². The van der Waals surface area contributed by atoms with Gasteiger partial charge in [0.2, 0.25) is 5.91 Å². The number of rotatable bonds is 5. The molecule has 1 N–H and O–H groups in total. The standard InChI is InChI=1S/C16H19N3OS/c20-15(12-3-1-2-4-12)18-10-7-14-11-21-16(19-14)13-5-8-17-9-6-13/h5-6,8-9,11-12H,1-4,7,10H2,(H,18,20). The summed E-state index contributed by atoms with van der Waals surface area (Å²) in [5, 5.41) is 6.11. The average molecular weight is 301 g/mol. The predicted octanol–water partition coefficient (Wildman–Crippen LogP) is 3.05. The second-order valence-corrected chi connectivity index (χ2v) is 6.26. The summed E-state index contributed by atoms with van der Waals surface area (Å²) in [6.07, 6.45) is 8.83. The van der Waals surface area contributed by atoms with Crippen molar-refractivity contribution in [3.05, 3.63) is 35.6 Å². The molecular formula is C16H19N3OS. The maximum atomic E-state index is 11.9. The Balaban J connectivity index is 1.50. The zero-order valence-electron chi connectivity index (χ0n) is 11.9. The van der Waals surface area contributed by atoms with Gasteiger partial charge in [0, 0.05) is 42.2 Å². The first kappa shape index (κ1) is 14.2. The molecule has 2 heterocycles. The van der Waals surface area contributed by atoms with Crippen molar-refractivity contribution in [3.63, 3.8) is 0 Å². The van der Waals surface area contributed by atoms with Crippen LogP contribution in [0.3, 0.4) is 0 Å². The van der Waals surface area contributed by atoms with E-state index < -0.39 is 0 Å². The average Bonchev–Trinajstić information content (AvgIpc) is 3.20. The van der Waals surface area contributed by atoms with Gasteiger partial charge in [0.1, 0.15) is 5.01 Å². The van der Waals surface area contributed by atoms with E-state index in [0.29, 0.717) is 6.54 Å². The summed E-state index contributed by atoms with van der Waals surface area (Å²) >= 11 is 1.64. The van der Waals surface area contributed by atoms with Crippen molar-refractivity contribution in [2.75, 3.05) is 6.54 Å². The summed E-state index contributed by atoms with van der Waals surface area (Å²) in [6, 6.07) is 3.93. The minimum Gasteiger partial charge on any atom is -0.355 e. The normalized spacial score (nSPS) is 15.2. The molecule has 1 aliphatic rings.